The minimum atomic E-state index is -0.413. The number of hydrogen-bond donors (Lipinski definition) is 3. The van der Waals surface area contributed by atoms with Gasteiger partial charge in [-0.3, -0.25) is 4.90 Å². The lowest BCUT2D eigenvalue weighted by molar-refractivity contribution is 0.183. The lowest BCUT2D eigenvalue weighted by Crippen LogP contribution is -2.33. The maximum atomic E-state index is 13.1. The summed E-state index contributed by atoms with van der Waals surface area (Å²) >= 11 is 0. The largest absolute Gasteiger partial charge is 0.496 e. The van der Waals surface area contributed by atoms with E-state index in [1.807, 2.05) is 37.3 Å². The monoisotopic (exact) mass is 576 g/mol. The molecule has 3 aromatic rings. The number of hydrogen-bond acceptors (Lipinski definition) is 8. The van der Waals surface area contributed by atoms with Crippen LogP contribution in [-0.4, -0.2) is 69.4 Å². The number of anilines is 2. The van der Waals surface area contributed by atoms with Crippen LogP contribution in [-0.2, 0) is 0 Å². The van der Waals surface area contributed by atoms with Crippen LogP contribution in [0.3, 0.4) is 0 Å². The number of methoxy groups -OCH3 is 3. The number of nitrogens with one attached hydrogen (secondary N) is 2. The van der Waals surface area contributed by atoms with E-state index in [-0.39, 0.29) is 0 Å². The van der Waals surface area contributed by atoms with Gasteiger partial charge in [-0.05, 0) is 75.2 Å². The third-order valence-electron chi connectivity index (χ3n) is 7.37. The molecule has 1 aliphatic rings. The summed E-state index contributed by atoms with van der Waals surface area (Å²) in [5.74, 6) is 2.17. The summed E-state index contributed by atoms with van der Waals surface area (Å²) < 4.78 is 22.8. The van der Waals surface area contributed by atoms with Crippen molar-refractivity contribution in [2.45, 2.75) is 33.1 Å². The first kappa shape index (κ1) is 30.5. The normalized spacial score (nSPS) is 13.8. The molecule has 10 heteroatoms. The number of oxime groups is 1. The Morgan fingerprint density at radius 3 is 2.38 bits per heavy atom. The van der Waals surface area contributed by atoms with Gasteiger partial charge in [0, 0.05) is 41.2 Å². The van der Waals surface area contributed by atoms with Gasteiger partial charge in [-0.2, -0.15) is 0 Å². The molecule has 0 spiro atoms. The number of amides is 2. The Kier molecular flexibility index (Phi) is 10.5. The summed E-state index contributed by atoms with van der Waals surface area (Å²) in [6.45, 7) is 7.35. The van der Waals surface area contributed by atoms with Crippen molar-refractivity contribution >= 4 is 23.1 Å². The summed E-state index contributed by atoms with van der Waals surface area (Å²) in [5.41, 5.74) is 4.57. The third-order valence-corrected chi connectivity index (χ3v) is 7.37. The molecule has 1 fully saturated rings. The quantitative estimate of drug-likeness (QED) is 0.138. The van der Waals surface area contributed by atoms with Gasteiger partial charge in [0.15, 0.2) is 11.5 Å². The molecule has 0 aromatic heterocycles. The maximum Gasteiger partial charge on any atom is 0.323 e. The predicted octanol–water partition coefficient (Wildman–Crippen LogP) is 6.39. The Morgan fingerprint density at radius 1 is 0.929 bits per heavy atom. The van der Waals surface area contributed by atoms with Crippen molar-refractivity contribution < 1.29 is 28.9 Å². The fourth-order valence-corrected chi connectivity index (χ4v) is 5.05. The zero-order chi connectivity index (χ0) is 30.1. The molecule has 0 saturated carbocycles. The molecule has 0 bridgehead atoms. The number of benzene rings is 3. The number of carbonyl (C=O) groups is 1. The summed E-state index contributed by atoms with van der Waals surface area (Å²) in [5, 5.41) is 18.4. The van der Waals surface area contributed by atoms with Gasteiger partial charge in [0.25, 0.3) is 0 Å². The zero-order valence-electron chi connectivity index (χ0n) is 25.0. The van der Waals surface area contributed by atoms with Crippen LogP contribution in [0.15, 0.2) is 53.7 Å². The number of urea groups is 1. The number of rotatable bonds is 11. The molecule has 1 heterocycles. The molecule has 3 N–H and O–H groups in total. The van der Waals surface area contributed by atoms with Crippen LogP contribution >= 0.6 is 0 Å². The van der Waals surface area contributed by atoms with Gasteiger partial charge < -0.3 is 34.8 Å². The number of likely N-dealkylation sites (tertiary alicyclic amines) is 1. The van der Waals surface area contributed by atoms with Crippen LogP contribution in [0.5, 0.6) is 23.0 Å². The highest BCUT2D eigenvalue weighted by Crippen LogP contribution is 2.42. The van der Waals surface area contributed by atoms with Crippen molar-refractivity contribution in [3.8, 4) is 34.1 Å². The second kappa shape index (κ2) is 14.5. The molecule has 10 nitrogen and oxygen atoms in total. The molecule has 0 unspecified atom stereocenters. The average Bonchev–Trinajstić information content (AvgIpc) is 3.01. The van der Waals surface area contributed by atoms with Crippen molar-refractivity contribution in [1.82, 2.24) is 4.90 Å². The van der Waals surface area contributed by atoms with E-state index in [1.165, 1.54) is 26.4 Å². The SMILES string of the molecule is COc1cc(-c2cc(NC(=O)Nc3cc(OCCN4CCCCC4)ccc3C)cc(OC)c2OC)ccc1/C(C)=N/O. The Morgan fingerprint density at radius 2 is 1.69 bits per heavy atom. The molecule has 0 atom stereocenters. The first-order valence-electron chi connectivity index (χ1n) is 14.0. The summed E-state index contributed by atoms with van der Waals surface area (Å²) in [6.07, 6.45) is 3.80. The lowest BCUT2D eigenvalue weighted by Gasteiger charge is -2.26. The lowest BCUT2D eigenvalue weighted by atomic mass is 9.99. The fourth-order valence-electron chi connectivity index (χ4n) is 5.05. The number of ether oxygens (including phenoxy) is 4. The molecule has 224 valence electrons. The highest BCUT2D eigenvalue weighted by atomic mass is 16.5. The molecule has 4 rings (SSSR count). The van der Waals surface area contributed by atoms with Crippen molar-refractivity contribution in [2.24, 2.45) is 5.16 Å². The van der Waals surface area contributed by atoms with Gasteiger partial charge in [0.05, 0.1) is 27.0 Å². The van der Waals surface area contributed by atoms with Crippen LogP contribution in [0, 0.1) is 6.92 Å². The summed E-state index contributed by atoms with van der Waals surface area (Å²) in [4.78, 5) is 15.5. The van der Waals surface area contributed by atoms with Crippen molar-refractivity contribution in [3.05, 3.63) is 59.7 Å². The molecule has 3 aromatic carbocycles. The standard InChI is InChI=1S/C32H40N4O6/c1-21-9-11-25(42-16-15-36-13-7-6-8-14-36)20-28(21)34-32(37)33-24-18-27(31(41-5)30(19-24)40-4)23-10-12-26(22(2)35-38)29(17-23)39-3/h9-12,17-20,38H,6-8,13-16H2,1-5H3,(H2,33,34,37)/b35-22+. The van der Waals surface area contributed by atoms with Crippen LogP contribution < -0.4 is 29.6 Å². The smallest absolute Gasteiger partial charge is 0.323 e. The van der Waals surface area contributed by atoms with Crippen molar-refractivity contribution in [1.29, 1.82) is 0 Å². The third kappa shape index (κ3) is 7.44. The topological polar surface area (TPSA) is 114 Å². The molecule has 2 amide bonds. The van der Waals surface area contributed by atoms with Crippen molar-refractivity contribution in [2.75, 3.05) is 58.2 Å². The van der Waals surface area contributed by atoms with Gasteiger partial charge in [-0.1, -0.05) is 23.7 Å². The molecular weight excluding hydrogens is 536 g/mol. The van der Waals surface area contributed by atoms with E-state index in [0.29, 0.717) is 57.8 Å². The highest BCUT2D eigenvalue weighted by molar-refractivity contribution is 6.02. The van der Waals surface area contributed by atoms with Gasteiger partial charge >= 0.3 is 6.03 Å². The van der Waals surface area contributed by atoms with E-state index in [9.17, 15) is 10.0 Å². The van der Waals surface area contributed by atoms with Gasteiger partial charge in [0.1, 0.15) is 18.1 Å². The minimum absolute atomic E-state index is 0.413. The predicted molar refractivity (Wildman–Crippen MR) is 165 cm³/mol. The molecule has 42 heavy (non-hydrogen) atoms. The van der Waals surface area contributed by atoms with E-state index in [4.69, 9.17) is 18.9 Å². The second-order valence-corrected chi connectivity index (χ2v) is 10.2. The summed E-state index contributed by atoms with van der Waals surface area (Å²) in [6, 6.07) is 14.2. The minimum Gasteiger partial charge on any atom is -0.496 e. The molecular formula is C32H40N4O6. The average molecular weight is 577 g/mol. The van der Waals surface area contributed by atoms with E-state index < -0.39 is 6.03 Å². The number of aryl methyl sites for hydroxylation is 1. The van der Waals surface area contributed by atoms with Crippen molar-refractivity contribution in [3.63, 3.8) is 0 Å². The second-order valence-electron chi connectivity index (χ2n) is 10.2. The van der Waals surface area contributed by atoms with Gasteiger partial charge in [0.2, 0.25) is 0 Å². The molecule has 1 saturated heterocycles. The number of piperidine rings is 1. The van der Waals surface area contributed by atoms with Crippen LogP contribution in [0.25, 0.3) is 11.1 Å². The molecule has 1 aliphatic heterocycles. The van der Waals surface area contributed by atoms with E-state index in [1.54, 1.807) is 39.3 Å². The number of carbonyl (C=O) groups excluding carboxylic acids is 1. The summed E-state index contributed by atoms with van der Waals surface area (Å²) in [7, 11) is 4.64. The maximum absolute atomic E-state index is 13.1. The zero-order valence-corrected chi connectivity index (χ0v) is 25.0. The van der Waals surface area contributed by atoms with E-state index in [0.717, 1.165) is 30.8 Å². The van der Waals surface area contributed by atoms with E-state index >= 15 is 0 Å². The molecule has 0 radical (unpaired) electrons. The van der Waals surface area contributed by atoms with Crippen LogP contribution in [0.1, 0.15) is 37.3 Å². The number of nitrogens with zero attached hydrogens (tertiary/aromatic N) is 2. The van der Waals surface area contributed by atoms with Gasteiger partial charge in [-0.15, -0.1) is 0 Å². The highest BCUT2D eigenvalue weighted by Gasteiger charge is 2.18. The fraction of sp³-hybridized carbons (Fsp3) is 0.375. The Bertz CT molecular complexity index is 1420. The molecule has 0 aliphatic carbocycles. The Hall–Kier alpha value is -4.44. The first-order chi connectivity index (χ1) is 20.4. The van der Waals surface area contributed by atoms with E-state index in [2.05, 4.69) is 20.7 Å². The van der Waals surface area contributed by atoms with Crippen LogP contribution in [0.2, 0.25) is 0 Å². The Balaban J connectivity index is 1.52. The van der Waals surface area contributed by atoms with Crippen LogP contribution in [0.4, 0.5) is 16.2 Å². The first-order valence-corrected chi connectivity index (χ1v) is 14.0. The van der Waals surface area contributed by atoms with Gasteiger partial charge in [-0.25, -0.2) is 4.79 Å². The Labute approximate surface area is 247 Å².